The molecule has 8 heteroatoms. The molecule has 26 heavy (non-hydrogen) atoms. The molecule has 0 aromatic heterocycles. The molecule has 0 spiro atoms. The minimum absolute atomic E-state index is 0.0322. The summed E-state index contributed by atoms with van der Waals surface area (Å²) < 4.78 is 38.7. The predicted octanol–water partition coefficient (Wildman–Crippen LogP) is 2.99. The third-order valence-corrected chi connectivity index (χ3v) is 5.24. The molecule has 140 valence electrons. The molecule has 0 atom stereocenters. The van der Waals surface area contributed by atoms with Crippen molar-refractivity contribution in [1.82, 2.24) is 5.32 Å². The van der Waals surface area contributed by atoms with E-state index in [0.717, 1.165) is 10.6 Å². The first-order chi connectivity index (χ1) is 12.3. The van der Waals surface area contributed by atoms with Gasteiger partial charge in [0.25, 0.3) is 0 Å². The SMILES string of the molecule is CS(=O)(=O)N(CCC(=O)NCCc1ccccc1F)c1ccccc1Cl. The molecule has 0 aliphatic heterocycles. The first kappa shape index (κ1) is 20.2. The molecule has 1 amide bonds. The maximum Gasteiger partial charge on any atom is 0.232 e. The van der Waals surface area contributed by atoms with Crippen LogP contribution in [-0.2, 0) is 21.2 Å². The smallest absolute Gasteiger partial charge is 0.232 e. The Balaban J connectivity index is 1.91. The molecule has 0 aliphatic carbocycles. The number of nitrogens with one attached hydrogen (secondary N) is 1. The maximum atomic E-state index is 13.5. The molecule has 2 aromatic carbocycles. The lowest BCUT2D eigenvalue weighted by molar-refractivity contribution is -0.120. The van der Waals surface area contributed by atoms with Gasteiger partial charge in [0.05, 0.1) is 17.0 Å². The summed E-state index contributed by atoms with van der Waals surface area (Å²) in [6.07, 6.45) is 1.39. The zero-order valence-electron chi connectivity index (χ0n) is 14.3. The molecule has 2 aromatic rings. The fourth-order valence-electron chi connectivity index (χ4n) is 2.45. The van der Waals surface area contributed by atoms with Crippen LogP contribution >= 0.6 is 11.6 Å². The van der Waals surface area contributed by atoms with E-state index in [1.54, 1.807) is 42.5 Å². The van der Waals surface area contributed by atoms with Crippen LogP contribution in [0.4, 0.5) is 10.1 Å². The van der Waals surface area contributed by atoms with Gasteiger partial charge in [-0.3, -0.25) is 9.10 Å². The minimum Gasteiger partial charge on any atom is -0.356 e. The number of benzene rings is 2. The lowest BCUT2D eigenvalue weighted by atomic mass is 10.1. The molecule has 1 N–H and O–H groups in total. The third-order valence-electron chi connectivity index (χ3n) is 3.74. The number of para-hydroxylation sites is 1. The van der Waals surface area contributed by atoms with Gasteiger partial charge >= 0.3 is 0 Å². The largest absolute Gasteiger partial charge is 0.356 e. The topological polar surface area (TPSA) is 66.5 Å². The molecule has 0 radical (unpaired) electrons. The van der Waals surface area contributed by atoms with E-state index >= 15 is 0 Å². The Labute approximate surface area is 157 Å². The lowest BCUT2D eigenvalue weighted by Crippen LogP contribution is -2.35. The molecule has 2 rings (SSSR count). The molecule has 0 unspecified atom stereocenters. The normalized spacial score (nSPS) is 11.2. The van der Waals surface area contributed by atoms with E-state index in [1.165, 1.54) is 6.07 Å². The van der Waals surface area contributed by atoms with Crippen molar-refractivity contribution in [1.29, 1.82) is 0 Å². The van der Waals surface area contributed by atoms with Crippen LogP contribution in [0.3, 0.4) is 0 Å². The van der Waals surface area contributed by atoms with Crippen LogP contribution in [0.2, 0.25) is 5.02 Å². The van der Waals surface area contributed by atoms with Crippen LogP contribution in [0.1, 0.15) is 12.0 Å². The van der Waals surface area contributed by atoms with Crippen molar-refractivity contribution >= 4 is 33.2 Å². The number of rotatable bonds is 8. The van der Waals surface area contributed by atoms with Crippen molar-refractivity contribution in [2.45, 2.75) is 12.8 Å². The van der Waals surface area contributed by atoms with Crippen LogP contribution in [0.25, 0.3) is 0 Å². The van der Waals surface area contributed by atoms with Crippen molar-refractivity contribution in [3.8, 4) is 0 Å². The number of nitrogens with zero attached hydrogens (tertiary/aromatic N) is 1. The first-order valence-corrected chi connectivity index (χ1v) is 10.2. The summed E-state index contributed by atoms with van der Waals surface area (Å²) in [6, 6.07) is 12.9. The third kappa shape index (κ3) is 5.71. The van der Waals surface area contributed by atoms with Gasteiger partial charge in [0.15, 0.2) is 0 Å². The van der Waals surface area contributed by atoms with Gasteiger partial charge in [-0.05, 0) is 30.2 Å². The summed E-state index contributed by atoms with van der Waals surface area (Å²) in [7, 11) is -3.59. The zero-order valence-corrected chi connectivity index (χ0v) is 15.9. The van der Waals surface area contributed by atoms with E-state index in [9.17, 15) is 17.6 Å². The summed E-state index contributed by atoms with van der Waals surface area (Å²) in [4.78, 5) is 12.0. The number of amides is 1. The van der Waals surface area contributed by atoms with Gasteiger partial charge in [0.1, 0.15) is 5.82 Å². The van der Waals surface area contributed by atoms with Gasteiger partial charge in [0.2, 0.25) is 15.9 Å². The highest BCUT2D eigenvalue weighted by Crippen LogP contribution is 2.27. The molecule has 0 saturated carbocycles. The predicted molar refractivity (Wildman–Crippen MR) is 101 cm³/mol. The van der Waals surface area contributed by atoms with Crippen LogP contribution in [-0.4, -0.2) is 33.7 Å². The van der Waals surface area contributed by atoms with E-state index in [-0.39, 0.29) is 36.3 Å². The van der Waals surface area contributed by atoms with Gasteiger partial charge < -0.3 is 5.32 Å². The van der Waals surface area contributed by atoms with Crippen molar-refractivity contribution in [2.24, 2.45) is 0 Å². The van der Waals surface area contributed by atoms with Crippen LogP contribution < -0.4 is 9.62 Å². The quantitative estimate of drug-likeness (QED) is 0.743. The minimum atomic E-state index is -3.59. The molecule has 0 heterocycles. The van der Waals surface area contributed by atoms with E-state index in [0.29, 0.717) is 17.7 Å². The number of anilines is 1. The number of carbonyl (C=O) groups is 1. The Morgan fingerprint density at radius 1 is 1.15 bits per heavy atom. The Kier molecular flexibility index (Phi) is 6.99. The number of halogens is 2. The van der Waals surface area contributed by atoms with Gasteiger partial charge in [-0.15, -0.1) is 0 Å². The van der Waals surface area contributed by atoms with E-state index in [1.807, 2.05) is 0 Å². The second-order valence-electron chi connectivity index (χ2n) is 5.73. The monoisotopic (exact) mass is 398 g/mol. The highest BCUT2D eigenvalue weighted by molar-refractivity contribution is 7.92. The molecule has 0 bridgehead atoms. The number of hydrogen-bond acceptors (Lipinski definition) is 3. The molecular weight excluding hydrogens is 379 g/mol. The Bertz CT molecular complexity index is 874. The van der Waals surface area contributed by atoms with E-state index in [2.05, 4.69) is 5.32 Å². The highest BCUT2D eigenvalue weighted by atomic mass is 35.5. The Hall–Kier alpha value is -2.12. The summed E-state index contributed by atoms with van der Waals surface area (Å²) in [5.41, 5.74) is 0.845. The fraction of sp³-hybridized carbons (Fsp3) is 0.278. The standard InChI is InChI=1S/C18H20ClFN2O3S/c1-26(24,25)22(17-9-5-3-7-15(17)19)13-11-18(23)21-12-10-14-6-2-4-8-16(14)20/h2-9H,10-13H2,1H3,(H,21,23). The van der Waals surface area contributed by atoms with Crippen molar-refractivity contribution in [3.05, 3.63) is 64.9 Å². The second kappa shape index (κ2) is 9.00. The first-order valence-electron chi connectivity index (χ1n) is 8.01. The van der Waals surface area contributed by atoms with E-state index in [4.69, 9.17) is 11.6 Å². The molecule has 0 saturated heterocycles. The summed E-state index contributed by atoms with van der Waals surface area (Å²) in [6.45, 7) is 0.235. The molecule has 0 fully saturated rings. The Morgan fingerprint density at radius 3 is 2.46 bits per heavy atom. The molecule has 5 nitrogen and oxygen atoms in total. The van der Waals surface area contributed by atoms with Crippen molar-refractivity contribution < 1.29 is 17.6 Å². The molecular formula is C18H20ClFN2O3S. The number of hydrogen-bond donors (Lipinski definition) is 1. The van der Waals surface area contributed by atoms with Crippen LogP contribution in [0, 0.1) is 5.82 Å². The number of sulfonamides is 1. The fourth-order valence-corrected chi connectivity index (χ4v) is 3.68. The summed E-state index contributed by atoms with van der Waals surface area (Å²) in [5, 5.41) is 2.96. The van der Waals surface area contributed by atoms with Crippen LogP contribution in [0.15, 0.2) is 48.5 Å². The van der Waals surface area contributed by atoms with Gasteiger partial charge in [0, 0.05) is 19.5 Å². The van der Waals surface area contributed by atoms with Gasteiger partial charge in [-0.25, -0.2) is 12.8 Å². The van der Waals surface area contributed by atoms with E-state index < -0.39 is 10.0 Å². The average Bonchev–Trinajstić information content (AvgIpc) is 2.57. The second-order valence-corrected chi connectivity index (χ2v) is 8.04. The lowest BCUT2D eigenvalue weighted by Gasteiger charge is -2.23. The maximum absolute atomic E-state index is 13.5. The van der Waals surface area contributed by atoms with Crippen molar-refractivity contribution in [3.63, 3.8) is 0 Å². The van der Waals surface area contributed by atoms with Crippen LogP contribution in [0.5, 0.6) is 0 Å². The zero-order chi connectivity index (χ0) is 19.2. The van der Waals surface area contributed by atoms with Crippen molar-refractivity contribution in [2.75, 3.05) is 23.7 Å². The average molecular weight is 399 g/mol. The Morgan fingerprint density at radius 2 is 1.81 bits per heavy atom. The number of carbonyl (C=O) groups excluding carboxylic acids is 1. The summed E-state index contributed by atoms with van der Waals surface area (Å²) in [5.74, 6) is -0.634. The summed E-state index contributed by atoms with van der Waals surface area (Å²) >= 11 is 6.06. The van der Waals surface area contributed by atoms with Gasteiger partial charge in [-0.1, -0.05) is 41.9 Å². The van der Waals surface area contributed by atoms with Gasteiger partial charge in [-0.2, -0.15) is 0 Å². The highest BCUT2D eigenvalue weighted by Gasteiger charge is 2.20. The molecule has 0 aliphatic rings.